The topological polar surface area (TPSA) is 9.86 Å². The van der Waals surface area contributed by atoms with E-state index in [-0.39, 0.29) is 0 Å². The van der Waals surface area contributed by atoms with Crippen molar-refractivity contribution in [2.45, 2.75) is 18.5 Å². The van der Waals surface area contributed by atoms with Crippen LogP contribution in [0.2, 0.25) is 0 Å². The van der Waals surface area contributed by atoms with Crippen molar-refractivity contribution in [2.75, 3.05) is 0 Å². The lowest BCUT2D eigenvalue weighted by Gasteiger charge is -2.30. The number of para-hydroxylation sites is 4. The molecule has 2 nitrogen and oxygen atoms in total. The largest absolute Gasteiger partial charge is 0.310 e. The minimum Gasteiger partial charge on any atom is -0.310 e. The molecular formula is C37H27FN2. The van der Waals surface area contributed by atoms with E-state index in [9.17, 15) is 0 Å². The Bertz CT molecular complexity index is 2050. The van der Waals surface area contributed by atoms with Crippen LogP contribution in [0.4, 0.5) is 4.39 Å². The maximum Gasteiger partial charge on any atom is 0.137 e. The summed E-state index contributed by atoms with van der Waals surface area (Å²) in [6, 6.07) is 42.2. The lowest BCUT2D eigenvalue weighted by atomic mass is 9.81. The fourth-order valence-corrected chi connectivity index (χ4v) is 6.57. The normalized spacial score (nSPS) is 19.1. The molecule has 0 saturated carbocycles. The standard InChI is InChI=1S/C37H27FN2/c1-37(38)22-21-27(40-35-19-8-4-15-30(35)31-16-5-9-20-36(31)40)24-32(37)25-11-10-12-26(23-25)39-33-17-6-2-13-28(33)29-14-3-7-18-34(29)39/h2-24,32H,1H3. The van der Waals surface area contributed by atoms with Crippen LogP contribution in [-0.2, 0) is 0 Å². The van der Waals surface area contributed by atoms with E-state index in [1.54, 1.807) is 13.0 Å². The zero-order chi connectivity index (χ0) is 26.8. The Morgan fingerprint density at radius 2 is 1.05 bits per heavy atom. The number of hydrogen-bond acceptors (Lipinski definition) is 0. The Morgan fingerprint density at radius 3 is 1.57 bits per heavy atom. The molecule has 0 fully saturated rings. The van der Waals surface area contributed by atoms with Gasteiger partial charge in [-0.2, -0.15) is 0 Å². The molecule has 40 heavy (non-hydrogen) atoms. The van der Waals surface area contributed by atoms with Crippen LogP contribution < -0.4 is 0 Å². The fourth-order valence-electron chi connectivity index (χ4n) is 6.57. The van der Waals surface area contributed by atoms with Crippen LogP contribution in [-0.4, -0.2) is 14.8 Å². The van der Waals surface area contributed by atoms with Crippen LogP contribution in [0.25, 0.3) is 55.0 Å². The first kappa shape index (κ1) is 23.0. The van der Waals surface area contributed by atoms with Gasteiger partial charge in [-0.3, -0.25) is 0 Å². The number of aromatic nitrogens is 2. The van der Waals surface area contributed by atoms with Gasteiger partial charge in [-0.05, 0) is 67.1 Å². The second kappa shape index (κ2) is 8.56. The van der Waals surface area contributed by atoms with E-state index in [0.29, 0.717) is 0 Å². The summed E-state index contributed by atoms with van der Waals surface area (Å²) in [7, 11) is 0. The SMILES string of the molecule is CC1(F)C=CC(n2c3ccccc3c3ccccc32)=CC1c1cccc(-n2c3ccccc3c3ccccc32)c1. The summed E-state index contributed by atoms with van der Waals surface area (Å²) in [6.07, 6.45) is 5.76. The monoisotopic (exact) mass is 518 g/mol. The van der Waals surface area contributed by atoms with Crippen molar-refractivity contribution in [1.29, 1.82) is 0 Å². The van der Waals surface area contributed by atoms with Crippen LogP contribution in [0.1, 0.15) is 18.4 Å². The van der Waals surface area contributed by atoms with Crippen molar-refractivity contribution in [2.24, 2.45) is 0 Å². The third kappa shape index (κ3) is 3.34. The van der Waals surface area contributed by atoms with Crippen molar-refractivity contribution >= 4 is 49.3 Å². The van der Waals surface area contributed by atoms with E-state index in [2.05, 4.69) is 137 Å². The summed E-state index contributed by atoms with van der Waals surface area (Å²) < 4.78 is 20.9. The Kier molecular flexibility index (Phi) is 4.93. The van der Waals surface area contributed by atoms with Crippen LogP contribution >= 0.6 is 0 Å². The molecule has 0 radical (unpaired) electrons. The summed E-state index contributed by atoms with van der Waals surface area (Å²) in [5.41, 5.74) is 5.99. The molecule has 0 spiro atoms. The number of benzene rings is 5. The first-order valence-electron chi connectivity index (χ1n) is 13.8. The molecule has 2 unspecified atom stereocenters. The highest BCUT2D eigenvalue weighted by Gasteiger charge is 2.35. The highest BCUT2D eigenvalue weighted by atomic mass is 19.1. The molecule has 2 atom stereocenters. The Balaban J connectivity index is 1.32. The minimum atomic E-state index is -1.53. The van der Waals surface area contributed by atoms with Crippen molar-refractivity contribution < 1.29 is 4.39 Å². The van der Waals surface area contributed by atoms with Crippen LogP contribution in [0.3, 0.4) is 0 Å². The lowest BCUT2D eigenvalue weighted by Crippen LogP contribution is -2.27. The van der Waals surface area contributed by atoms with E-state index >= 15 is 4.39 Å². The number of nitrogens with zero attached hydrogens (tertiary/aromatic N) is 2. The molecule has 192 valence electrons. The predicted octanol–water partition coefficient (Wildman–Crippen LogP) is 9.81. The van der Waals surface area contributed by atoms with Gasteiger partial charge in [0.1, 0.15) is 5.67 Å². The van der Waals surface area contributed by atoms with E-state index in [1.807, 2.05) is 6.08 Å². The maximum atomic E-state index is 16.3. The van der Waals surface area contributed by atoms with Gasteiger partial charge in [0.15, 0.2) is 0 Å². The van der Waals surface area contributed by atoms with Gasteiger partial charge in [0.2, 0.25) is 0 Å². The molecule has 1 aliphatic carbocycles. The molecule has 2 aromatic heterocycles. The van der Waals surface area contributed by atoms with Crippen molar-refractivity contribution in [1.82, 2.24) is 9.13 Å². The number of rotatable bonds is 3. The van der Waals surface area contributed by atoms with Gasteiger partial charge >= 0.3 is 0 Å². The Hall–Kier alpha value is -4.89. The summed E-state index contributed by atoms with van der Waals surface area (Å²) in [4.78, 5) is 0. The lowest BCUT2D eigenvalue weighted by molar-refractivity contribution is 0.231. The van der Waals surface area contributed by atoms with E-state index in [1.165, 1.54) is 21.5 Å². The molecule has 0 N–H and O–H groups in total. The highest BCUT2D eigenvalue weighted by molar-refractivity contribution is 6.11. The fraction of sp³-hybridized carbons (Fsp3) is 0.0811. The van der Waals surface area contributed by atoms with Gasteiger partial charge in [-0.1, -0.05) is 84.9 Å². The molecule has 1 aliphatic rings. The van der Waals surface area contributed by atoms with E-state index < -0.39 is 11.6 Å². The third-order valence-electron chi connectivity index (χ3n) is 8.43. The predicted molar refractivity (Wildman–Crippen MR) is 166 cm³/mol. The molecule has 0 amide bonds. The molecule has 0 saturated heterocycles. The number of halogens is 1. The van der Waals surface area contributed by atoms with Gasteiger partial charge < -0.3 is 9.13 Å². The second-order valence-corrected chi connectivity index (χ2v) is 10.9. The molecule has 5 aromatic carbocycles. The van der Waals surface area contributed by atoms with Gasteiger partial charge in [0.05, 0.1) is 22.1 Å². The van der Waals surface area contributed by atoms with Gasteiger partial charge in [0.25, 0.3) is 0 Å². The molecule has 3 heteroatoms. The number of alkyl halides is 1. The van der Waals surface area contributed by atoms with Gasteiger partial charge in [-0.25, -0.2) is 4.39 Å². The summed E-state index contributed by atoms with van der Waals surface area (Å²) in [5.74, 6) is -0.444. The molecule has 7 aromatic rings. The first-order valence-corrected chi connectivity index (χ1v) is 13.8. The second-order valence-electron chi connectivity index (χ2n) is 10.9. The zero-order valence-electron chi connectivity index (χ0n) is 22.1. The number of fused-ring (bicyclic) bond motifs is 6. The molecule has 2 heterocycles. The highest BCUT2D eigenvalue weighted by Crippen LogP contribution is 2.42. The average Bonchev–Trinajstić information content (AvgIpc) is 3.51. The smallest absolute Gasteiger partial charge is 0.137 e. The average molecular weight is 519 g/mol. The number of hydrogen-bond donors (Lipinski definition) is 0. The van der Waals surface area contributed by atoms with Crippen molar-refractivity contribution in [3.05, 3.63) is 145 Å². The van der Waals surface area contributed by atoms with Crippen LogP contribution in [0, 0.1) is 0 Å². The zero-order valence-corrected chi connectivity index (χ0v) is 22.1. The Labute approximate surface area is 231 Å². The van der Waals surface area contributed by atoms with Gasteiger partial charge in [-0.15, -0.1) is 0 Å². The van der Waals surface area contributed by atoms with E-state index in [0.717, 1.165) is 39.0 Å². The van der Waals surface area contributed by atoms with E-state index in [4.69, 9.17) is 0 Å². The minimum absolute atomic E-state index is 0.444. The van der Waals surface area contributed by atoms with Crippen LogP contribution in [0.15, 0.2) is 140 Å². The Morgan fingerprint density at radius 1 is 0.575 bits per heavy atom. The first-order chi connectivity index (χ1) is 19.6. The number of allylic oxidation sites excluding steroid dienone is 4. The molecule has 0 bridgehead atoms. The summed E-state index contributed by atoms with van der Waals surface area (Å²) in [5, 5.41) is 4.83. The van der Waals surface area contributed by atoms with Crippen LogP contribution in [0.5, 0.6) is 0 Å². The molecular weight excluding hydrogens is 491 g/mol. The van der Waals surface area contributed by atoms with Crippen molar-refractivity contribution in [3.63, 3.8) is 0 Å². The molecule has 0 aliphatic heterocycles. The van der Waals surface area contributed by atoms with Gasteiger partial charge in [0, 0.05) is 38.8 Å². The maximum absolute atomic E-state index is 16.3. The molecule has 8 rings (SSSR count). The quantitative estimate of drug-likeness (QED) is 0.220. The summed E-state index contributed by atoms with van der Waals surface area (Å²) in [6.45, 7) is 1.68. The van der Waals surface area contributed by atoms with Crippen molar-refractivity contribution in [3.8, 4) is 5.69 Å². The third-order valence-corrected chi connectivity index (χ3v) is 8.43. The summed E-state index contributed by atoms with van der Waals surface area (Å²) >= 11 is 0.